The monoisotopic (exact) mass is 142 g/mol. The lowest BCUT2D eigenvalue weighted by Crippen LogP contribution is -2.32. The lowest BCUT2D eigenvalue weighted by Gasteiger charge is -2.23. The van der Waals surface area contributed by atoms with E-state index in [1.165, 1.54) is 0 Å². The van der Waals surface area contributed by atoms with Crippen molar-refractivity contribution in [2.45, 2.75) is 31.7 Å². The molecule has 1 rings (SSSR count). The maximum Gasteiger partial charge on any atom is 0.220 e. The third kappa shape index (κ3) is 1.70. The number of carbonyl (C=O) groups excluding carboxylic acids is 1. The Labute approximate surface area is 60.8 Å². The van der Waals surface area contributed by atoms with Crippen molar-refractivity contribution in [2.24, 2.45) is 17.4 Å². The minimum Gasteiger partial charge on any atom is -0.369 e. The van der Waals surface area contributed by atoms with Crippen molar-refractivity contribution in [3.05, 3.63) is 0 Å². The number of nitrogens with two attached hydrogens (primary N) is 2. The van der Waals surface area contributed by atoms with Crippen LogP contribution in [-0.4, -0.2) is 11.9 Å². The maximum atomic E-state index is 10.6. The number of hydrogen-bond donors (Lipinski definition) is 2. The molecule has 58 valence electrons. The van der Waals surface area contributed by atoms with Crippen LogP contribution in [-0.2, 0) is 4.79 Å². The normalized spacial score (nSPS) is 33.7. The van der Waals surface area contributed by atoms with Crippen LogP contribution in [0.4, 0.5) is 0 Å². The lowest BCUT2D eigenvalue weighted by atomic mass is 9.86. The van der Waals surface area contributed by atoms with Crippen LogP contribution >= 0.6 is 0 Å². The highest BCUT2D eigenvalue weighted by Gasteiger charge is 2.21. The van der Waals surface area contributed by atoms with Gasteiger partial charge in [0.25, 0.3) is 0 Å². The van der Waals surface area contributed by atoms with Crippen molar-refractivity contribution in [3.63, 3.8) is 0 Å². The zero-order valence-corrected chi connectivity index (χ0v) is 6.05. The van der Waals surface area contributed by atoms with Crippen LogP contribution in [0.25, 0.3) is 0 Å². The highest BCUT2D eigenvalue weighted by molar-refractivity contribution is 5.76. The number of hydrogen-bond acceptors (Lipinski definition) is 2. The van der Waals surface area contributed by atoms with Gasteiger partial charge in [-0.05, 0) is 25.7 Å². The van der Waals surface area contributed by atoms with Gasteiger partial charge in [-0.15, -0.1) is 0 Å². The third-order valence-corrected chi connectivity index (χ3v) is 2.17. The second-order valence-electron chi connectivity index (χ2n) is 3.01. The summed E-state index contributed by atoms with van der Waals surface area (Å²) in [6.07, 6.45) is 3.67. The maximum absolute atomic E-state index is 10.6. The van der Waals surface area contributed by atoms with Gasteiger partial charge in [-0.25, -0.2) is 0 Å². The molecule has 0 aliphatic heterocycles. The standard InChI is InChI=1S/C7H14N2O/c8-6-3-1-5(2-4-6)7(9)10/h5-6H,1-4,8H2,(H2,9,10)/t5-,6+. The Kier molecular flexibility index (Phi) is 2.27. The number of carbonyl (C=O) groups is 1. The van der Waals surface area contributed by atoms with Crippen molar-refractivity contribution in [2.75, 3.05) is 0 Å². The van der Waals surface area contributed by atoms with E-state index in [9.17, 15) is 4.79 Å². The predicted molar refractivity (Wildman–Crippen MR) is 39.1 cm³/mol. The van der Waals surface area contributed by atoms with Gasteiger partial charge in [-0.1, -0.05) is 0 Å². The Hall–Kier alpha value is -0.570. The van der Waals surface area contributed by atoms with Crippen LogP contribution in [0.5, 0.6) is 0 Å². The zero-order chi connectivity index (χ0) is 7.56. The van der Waals surface area contributed by atoms with Crippen LogP contribution in [0.1, 0.15) is 25.7 Å². The molecule has 0 saturated heterocycles. The summed E-state index contributed by atoms with van der Waals surface area (Å²) in [6, 6.07) is 0.301. The van der Waals surface area contributed by atoms with Gasteiger partial charge < -0.3 is 11.5 Å². The first kappa shape index (κ1) is 7.54. The van der Waals surface area contributed by atoms with Gasteiger partial charge in [0.1, 0.15) is 0 Å². The molecule has 3 nitrogen and oxygen atoms in total. The van der Waals surface area contributed by atoms with Gasteiger partial charge in [0, 0.05) is 12.0 Å². The molecule has 1 aliphatic carbocycles. The Morgan fingerprint density at radius 1 is 1.20 bits per heavy atom. The van der Waals surface area contributed by atoms with E-state index in [1.807, 2.05) is 0 Å². The third-order valence-electron chi connectivity index (χ3n) is 2.17. The second kappa shape index (κ2) is 3.01. The van der Waals surface area contributed by atoms with Gasteiger partial charge in [-0.2, -0.15) is 0 Å². The molecule has 0 spiro atoms. The fraction of sp³-hybridized carbons (Fsp3) is 0.857. The van der Waals surface area contributed by atoms with Crippen LogP contribution in [0.2, 0.25) is 0 Å². The fourth-order valence-corrected chi connectivity index (χ4v) is 1.40. The molecule has 1 aliphatic rings. The first-order valence-electron chi connectivity index (χ1n) is 3.75. The first-order valence-corrected chi connectivity index (χ1v) is 3.75. The average Bonchev–Trinajstić information content (AvgIpc) is 1.88. The van der Waals surface area contributed by atoms with Crippen LogP contribution in [0.3, 0.4) is 0 Å². The van der Waals surface area contributed by atoms with Gasteiger partial charge in [0.2, 0.25) is 5.91 Å². The Balaban J connectivity index is 2.33. The van der Waals surface area contributed by atoms with E-state index in [-0.39, 0.29) is 11.8 Å². The van der Waals surface area contributed by atoms with E-state index in [1.54, 1.807) is 0 Å². The van der Waals surface area contributed by atoms with Crippen molar-refractivity contribution in [1.82, 2.24) is 0 Å². The van der Waals surface area contributed by atoms with Gasteiger partial charge in [-0.3, -0.25) is 4.79 Å². The van der Waals surface area contributed by atoms with Gasteiger partial charge in [0.05, 0.1) is 0 Å². The number of rotatable bonds is 1. The molecule has 4 N–H and O–H groups in total. The SMILES string of the molecule is NC(=O)[C@H]1CC[C@@H](N)CC1. The summed E-state index contributed by atoms with van der Waals surface area (Å²) < 4.78 is 0. The Morgan fingerprint density at radius 3 is 2.10 bits per heavy atom. The summed E-state index contributed by atoms with van der Waals surface area (Å²) in [5.41, 5.74) is 10.8. The molecule has 1 saturated carbocycles. The quantitative estimate of drug-likeness (QED) is 0.540. The van der Waals surface area contributed by atoms with Crippen molar-refractivity contribution < 1.29 is 4.79 Å². The van der Waals surface area contributed by atoms with E-state index >= 15 is 0 Å². The fourth-order valence-electron chi connectivity index (χ4n) is 1.40. The Bertz CT molecular complexity index is 128. The molecule has 0 unspecified atom stereocenters. The smallest absolute Gasteiger partial charge is 0.220 e. The summed E-state index contributed by atoms with van der Waals surface area (Å²) in [4.78, 5) is 10.6. The summed E-state index contributed by atoms with van der Waals surface area (Å²) in [5.74, 6) is -0.0632. The molecule has 1 fully saturated rings. The molecule has 0 bridgehead atoms. The van der Waals surface area contributed by atoms with Crippen molar-refractivity contribution in [3.8, 4) is 0 Å². The molecule has 0 aromatic carbocycles. The molecule has 0 radical (unpaired) electrons. The highest BCUT2D eigenvalue weighted by Crippen LogP contribution is 2.22. The molecule has 1 amide bonds. The Morgan fingerprint density at radius 2 is 1.70 bits per heavy atom. The van der Waals surface area contributed by atoms with E-state index in [0.717, 1.165) is 25.7 Å². The van der Waals surface area contributed by atoms with Crippen LogP contribution in [0, 0.1) is 5.92 Å². The molecule has 0 heterocycles. The van der Waals surface area contributed by atoms with E-state index < -0.39 is 0 Å². The summed E-state index contributed by atoms with van der Waals surface area (Å²) >= 11 is 0. The highest BCUT2D eigenvalue weighted by atomic mass is 16.1. The van der Waals surface area contributed by atoms with Crippen LogP contribution in [0.15, 0.2) is 0 Å². The average molecular weight is 142 g/mol. The first-order chi connectivity index (χ1) is 4.70. The topological polar surface area (TPSA) is 69.1 Å². The molecule has 0 atom stereocenters. The molecule has 0 aromatic rings. The molecular formula is C7H14N2O. The van der Waals surface area contributed by atoms with E-state index in [4.69, 9.17) is 11.5 Å². The molecular weight excluding hydrogens is 128 g/mol. The lowest BCUT2D eigenvalue weighted by molar-refractivity contribution is -0.122. The number of amides is 1. The molecule has 10 heavy (non-hydrogen) atoms. The minimum atomic E-state index is -0.160. The largest absolute Gasteiger partial charge is 0.369 e. The van der Waals surface area contributed by atoms with Crippen molar-refractivity contribution >= 4 is 5.91 Å². The van der Waals surface area contributed by atoms with E-state index in [0.29, 0.717) is 6.04 Å². The zero-order valence-electron chi connectivity index (χ0n) is 6.05. The second-order valence-corrected chi connectivity index (χ2v) is 3.01. The van der Waals surface area contributed by atoms with Gasteiger partial charge in [0.15, 0.2) is 0 Å². The summed E-state index contributed by atoms with van der Waals surface area (Å²) in [7, 11) is 0. The predicted octanol–water partition coefficient (Wildman–Crippen LogP) is -0.0108. The van der Waals surface area contributed by atoms with Crippen LogP contribution < -0.4 is 11.5 Å². The molecule has 3 heteroatoms. The molecule has 0 aromatic heterocycles. The summed E-state index contributed by atoms with van der Waals surface area (Å²) in [5, 5.41) is 0. The summed E-state index contributed by atoms with van der Waals surface area (Å²) in [6.45, 7) is 0. The van der Waals surface area contributed by atoms with E-state index in [2.05, 4.69) is 0 Å². The van der Waals surface area contributed by atoms with Gasteiger partial charge >= 0.3 is 0 Å². The minimum absolute atomic E-state index is 0.0970. The van der Waals surface area contributed by atoms with Crippen molar-refractivity contribution in [1.29, 1.82) is 0 Å². The number of primary amides is 1.